The second-order valence-corrected chi connectivity index (χ2v) is 10.7. The minimum Gasteiger partial charge on any atom is -0.493 e. The van der Waals surface area contributed by atoms with E-state index in [1.54, 1.807) is 12.1 Å². The van der Waals surface area contributed by atoms with Gasteiger partial charge in [0, 0.05) is 19.5 Å². The van der Waals surface area contributed by atoms with Gasteiger partial charge in [0.15, 0.2) is 18.1 Å². The first kappa shape index (κ1) is 28.5. The molecule has 12 heteroatoms. The van der Waals surface area contributed by atoms with Gasteiger partial charge >= 0.3 is 5.97 Å². The summed E-state index contributed by atoms with van der Waals surface area (Å²) in [7, 11) is 0.799. The summed E-state index contributed by atoms with van der Waals surface area (Å²) in [6.07, 6.45) is 2.94. The summed E-state index contributed by atoms with van der Waals surface area (Å²) in [6.45, 7) is 0.366. The van der Waals surface area contributed by atoms with Crippen LogP contribution in [0.4, 0.5) is 5.69 Å². The molecule has 10 nitrogen and oxygen atoms in total. The Morgan fingerprint density at radius 1 is 0.973 bits per heavy atom. The molecule has 1 fully saturated rings. The zero-order chi connectivity index (χ0) is 27.0. The van der Waals surface area contributed by atoms with Crippen LogP contribution >= 0.6 is 11.6 Å². The number of methoxy groups -OCH3 is 3. The number of benzene rings is 2. The van der Waals surface area contributed by atoms with E-state index in [0.717, 1.165) is 24.8 Å². The number of carbonyl (C=O) groups is 2. The van der Waals surface area contributed by atoms with E-state index >= 15 is 0 Å². The Morgan fingerprint density at radius 3 is 2.22 bits per heavy atom. The SMILES string of the molecule is COc1cc(CCC(=O)OCC(=O)Nc2cc(S(=O)(=O)N3CCCCC3)ccc2Cl)cc(OC)c1OC. The van der Waals surface area contributed by atoms with E-state index in [1.807, 2.05) is 0 Å². The Balaban J connectivity index is 1.56. The molecule has 1 heterocycles. The van der Waals surface area contributed by atoms with Gasteiger partial charge in [-0.1, -0.05) is 18.0 Å². The van der Waals surface area contributed by atoms with E-state index in [9.17, 15) is 18.0 Å². The van der Waals surface area contributed by atoms with Crippen molar-refractivity contribution in [1.82, 2.24) is 4.31 Å². The fourth-order valence-electron chi connectivity index (χ4n) is 3.95. The van der Waals surface area contributed by atoms with Gasteiger partial charge in [-0.05, 0) is 55.2 Å². The summed E-state index contributed by atoms with van der Waals surface area (Å²) in [5.74, 6) is 0.142. The molecule has 1 amide bonds. The van der Waals surface area contributed by atoms with E-state index < -0.39 is 28.5 Å². The highest BCUT2D eigenvalue weighted by molar-refractivity contribution is 7.89. The molecule has 3 rings (SSSR count). The number of hydrogen-bond acceptors (Lipinski definition) is 8. The third-order valence-corrected chi connectivity index (χ3v) is 8.10. The molecule has 1 aliphatic rings. The molecule has 0 atom stereocenters. The van der Waals surface area contributed by atoms with Crippen LogP contribution in [-0.2, 0) is 30.8 Å². The molecule has 0 aliphatic carbocycles. The highest BCUT2D eigenvalue weighted by Gasteiger charge is 2.26. The summed E-state index contributed by atoms with van der Waals surface area (Å²) in [5, 5.41) is 2.69. The van der Waals surface area contributed by atoms with Crippen LogP contribution in [0.1, 0.15) is 31.2 Å². The molecule has 2 aromatic carbocycles. The average molecular weight is 555 g/mol. The lowest BCUT2D eigenvalue weighted by Crippen LogP contribution is -2.35. The maximum atomic E-state index is 12.9. The van der Waals surface area contributed by atoms with Gasteiger partial charge in [-0.2, -0.15) is 4.31 Å². The van der Waals surface area contributed by atoms with Crippen molar-refractivity contribution in [2.45, 2.75) is 37.0 Å². The molecule has 0 saturated carbocycles. The molecule has 1 saturated heterocycles. The van der Waals surface area contributed by atoms with E-state index in [-0.39, 0.29) is 22.0 Å². The van der Waals surface area contributed by atoms with Crippen molar-refractivity contribution in [3.8, 4) is 17.2 Å². The lowest BCUT2D eigenvalue weighted by molar-refractivity contribution is -0.147. The van der Waals surface area contributed by atoms with E-state index in [0.29, 0.717) is 36.8 Å². The number of anilines is 1. The predicted octanol–water partition coefficient (Wildman–Crippen LogP) is 3.65. The molecule has 2 aromatic rings. The van der Waals surface area contributed by atoms with Crippen LogP contribution in [0.5, 0.6) is 17.2 Å². The largest absolute Gasteiger partial charge is 0.493 e. The fraction of sp³-hybridized carbons (Fsp3) is 0.440. The smallest absolute Gasteiger partial charge is 0.306 e. The van der Waals surface area contributed by atoms with Crippen molar-refractivity contribution in [1.29, 1.82) is 0 Å². The van der Waals surface area contributed by atoms with Gasteiger partial charge in [0.2, 0.25) is 15.8 Å². The number of halogens is 1. The number of piperidine rings is 1. The summed E-state index contributed by atoms with van der Waals surface area (Å²) in [6, 6.07) is 7.60. The number of nitrogens with one attached hydrogen (secondary N) is 1. The second-order valence-electron chi connectivity index (χ2n) is 8.35. The molecular weight excluding hydrogens is 524 g/mol. The zero-order valence-electron chi connectivity index (χ0n) is 21.0. The number of aryl methyl sites for hydroxylation is 1. The van der Waals surface area contributed by atoms with Crippen LogP contribution in [0.3, 0.4) is 0 Å². The van der Waals surface area contributed by atoms with Crippen molar-refractivity contribution in [2.24, 2.45) is 0 Å². The monoisotopic (exact) mass is 554 g/mol. The van der Waals surface area contributed by atoms with Gasteiger partial charge in [0.05, 0.1) is 36.9 Å². The molecule has 0 spiro atoms. The van der Waals surface area contributed by atoms with Crippen LogP contribution in [-0.4, -0.2) is 65.6 Å². The Morgan fingerprint density at radius 2 is 1.62 bits per heavy atom. The van der Waals surface area contributed by atoms with Crippen molar-refractivity contribution in [3.05, 3.63) is 40.9 Å². The fourth-order valence-corrected chi connectivity index (χ4v) is 5.65. The van der Waals surface area contributed by atoms with Gasteiger partial charge in [-0.15, -0.1) is 0 Å². The van der Waals surface area contributed by atoms with Crippen LogP contribution in [0.25, 0.3) is 0 Å². The molecule has 0 aromatic heterocycles. The number of hydrogen-bond donors (Lipinski definition) is 1. The molecule has 0 bridgehead atoms. The van der Waals surface area contributed by atoms with E-state index in [4.69, 9.17) is 30.5 Å². The van der Waals surface area contributed by atoms with Crippen LogP contribution in [0.2, 0.25) is 5.02 Å². The number of sulfonamides is 1. The molecule has 1 aliphatic heterocycles. The second kappa shape index (κ2) is 13.0. The van der Waals surface area contributed by atoms with E-state index in [2.05, 4.69) is 5.32 Å². The molecule has 202 valence electrons. The first-order chi connectivity index (χ1) is 17.7. The number of ether oxygens (including phenoxy) is 4. The minimum atomic E-state index is -3.70. The molecule has 1 N–H and O–H groups in total. The molecule has 37 heavy (non-hydrogen) atoms. The third-order valence-electron chi connectivity index (χ3n) is 5.87. The van der Waals surface area contributed by atoms with Crippen LogP contribution in [0, 0.1) is 0 Å². The highest BCUT2D eigenvalue weighted by Crippen LogP contribution is 2.38. The van der Waals surface area contributed by atoms with Crippen molar-refractivity contribution in [3.63, 3.8) is 0 Å². The van der Waals surface area contributed by atoms with Crippen molar-refractivity contribution < 1.29 is 37.0 Å². The van der Waals surface area contributed by atoms with Crippen molar-refractivity contribution in [2.75, 3.05) is 46.3 Å². The van der Waals surface area contributed by atoms with Gasteiger partial charge in [0.1, 0.15) is 0 Å². The Hall–Kier alpha value is -3.02. The van der Waals surface area contributed by atoms with Crippen molar-refractivity contribution >= 4 is 39.2 Å². The third kappa shape index (κ3) is 7.27. The van der Waals surface area contributed by atoms with Gasteiger partial charge in [0.25, 0.3) is 5.91 Å². The topological polar surface area (TPSA) is 120 Å². The number of rotatable bonds is 11. The Bertz CT molecular complexity index is 1200. The Labute approximate surface area is 221 Å². The summed E-state index contributed by atoms with van der Waals surface area (Å²) < 4.78 is 48.3. The number of carbonyl (C=O) groups excluding carboxylic acids is 2. The maximum absolute atomic E-state index is 12.9. The number of esters is 1. The normalized spacial score (nSPS) is 14.1. The molecule has 0 radical (unpaired) electrons. The highest BCUT2D eigenvalue weighted by atomic mass is 35.5. The number of amides is 1. The van der Waals surface area contributed by atoms with Gasteiger partial charge < -0.3 is 24.3 Å². The minimum absolute atomic E-state index is 0.0102. The quantitative estimate of drug-likeness (QED) is 0.418. The zero-order valence-corrected chi connectivity index (χ0v) is 22.6. The predicted molar refractivity (Wildman–Crippen MR) is 138 cm³/mol. The van der Waals surface area contributed by atoms with Crippen LogP contribution in [0.15, 0.2) is 35.2 Å². The lowest BCUT2D eigenvalue weighted by Gasteiger charge is -2.26. The average Bonchev–Trinajstić information content (AvgIpc) is 2.91. The lowest BCUT2D eigenvalue weighted by atomic mass is 10.1. The number of nitrogens with zero attached hydrogens (tertiary/aromatic N) is 1. The maximum Gasteiger partial charge on any atom is 0.306 e. The van der Waals surface area contributed by atoms with Crippen LogP contribution < -0.4 is 19.5 Å². The van der Waals surface area contributed by atoms with E-state index in [1.165, 1.54) is 43.8 Å². The summed E-state index contributed by atoms with van der Waals surface area (Å²) in [5.41, 5.74) is 0.882. The first-order valence-electron chi connectivity index (χ1n) is 11.7. The summed E-state index contributed by atoms with van der Waals surface area (Å²) >= 11 is 6.17. The summed E-state index contributed by atoms with van der Waals surface area (Å²) in [4.78, 5) is 24.7. The van der Waals surface area contributed by atoms with Gasteiger partial charge in [-0.3, -0.25) is 9.59 Å². The van der Waals surface area contributed by atoms with Gasteiger partial charge in [-0.25, -0.2) is 8.42 Å². The first-order valence-corrected chi connectivity index (χ1v) is 13.6. The standard InChI is InChI=1S/C25H31ClN2O8S/c1-33-21-13-17(14-22(34-2)25(21)35-3)7-10-24(30)36-16-23(29)27-20-15-18(8-9-19(20)26)37(31,32)28-11-5-4-6-12-28/h8-9,13-15H,4-7,10-12,16H2,1-3H3,(H,27,29). The Kier molecular flexibility index (Phi) is 10.0. The molecular formula is C25H31ClN2O8S. The molecule has 0 unspecified atom stereocenters.